The Morgan fingerprint density at radius 2 is 2.00 bits per heavy atom. The molecule has 0 amide bonds. The van der Waals surface area contributed by atoms with Crippen LogP contribution in [0.5, 0.6) is 5.75 Å². The van der Waals surface area contributed by atoms with Crippen LogP contribution >= 0.6 is 0 Å². The molecule has 0 radical (unpaired) electrons. The van der Waals surface area contributed by atoms with E-state index in [0.717, 1.165) is 17.6 Å². The maximum atomic E-state index is 11.9. The van der Waals surface area contributed by atoms with Crippen molar-refractivity contribution in [2.75, 3.05) is 6.61 Å². The lowest BCUT2D eigenvalue weighted by Gasteiger charge is -2.35. The number of benzene rings is 1. The van der Waals surface area contributed by atoms with E-state index in [-0.39, 0.29) is 29.8 Å². The molecule has 5 heteroatoms. The van der Waals surface area contributed by atoms with Crippen molar-refractivity contribution in [1.82, 2.24) is 0 Å². The molecule has 2 fully saturated rings. The molecule has 2 saturated heterocycles. The minimum absolute atomic E-state index is 0.200. The Balaban J connectivity index is 1.93. The standard InChI is InChI=1S/C19H24O5/c1-4-22-16(21)11-14-9-10-19(12(2)3)23-17(18(14)24-19)13-5-7-15(20)8-6-13/h5-8,11-12,17-18,20H,4,9-10H2,1-3H3/b14-11+/t17-,18-,19-/m1/s1. The SMILES string of the molecule is CCOC(=O)/C=C1\CC[C@]2(C(C)C)O[C@H]1[C@@H](c1ccc(O)cc1)O2. The molecule has 3 atom stereocenters. The van der Waals surface area contributed by atoms with Crippen LogP contribution in [0.15, 0.2) is 35.9 Å². The van der Waals surface area contributed by atoms with Gasteiger partial charge in [0.15, 0.2) is 5.79 Å². The summed E-state index contributed by atoms with van der Waals surface area (Å²) >= 11 is 0. The first-order chi connectivity index (χ1) is 11.4. The molecule has 0 unspecified atom stereocenters. The van der Waals surface area contributed by atoms with E-state index in [1.54, 1.807) is 25.1 Å². The van der Waals surface area contributed by atoms with Gasteiger partial charge in [0.1, 0.15) is 18.0 Å². The third-order valence-electron chi connectivity index (χ3n) is 4.75. The van der Waals surface area contributed by atoms with Crippen LogP contribution in [0.25, 0.3) is 0 Å². The van der Waals surface area contributed by atoms with Gasteiger partial charge in [0, 0.05) is 18.4 Å². The molecule has 24 heavy (non-hydrogen) atoms. The van der Waals surface area contributed by atoms with E-state index >= 15 is 0 Å². The van der Waals surface area contributed by atoms with Gasteiger partial charge in [-0.1, -0.05) is 26.0 Å². The monoisotopic (exact) mass is 332 g/mol. The van der Waals surface area contributed by atoms with Crippen LogP contribution in [0.1, 0.15) is 45.3 Å². The van der Waals surface area contributed by atoms with Gasteiger partial charge in [-0.15, -0.1) is 0 Å². The fraction of sp³-hybridized carbons (Fsp3) is 0.526. The number of aromatic hydroxyl groups is 1. The van der Waals surface area contributed by atoms with Crippen molar-refractivity contribution in [3.05, 3.63) is 41.5 Å². The second-order valence-corrected chi connectivity index (χ2v) is 6.61. The molecule has 2 heterocycles. The lowest BCUT2D eigenvalue weighted by molar-refractivity contribution is -0.214. The first-order valence-corrected chi connectivity index (χ1v) is 8.47. The second kappa shape index (κ2) is 6.57. The van der Waals surface area contributed by atoms with Crippen LogP contribution in [-0.2, 0) is 19.0 Å². The molecule has 0 aliphatic carbocycles. The second-order valence-electron chi connectivity index (χ2n) is 6.61. The molecule has 130 valence electrons. The fourth-order valence-electron chi connectivity index (χ4n) is 3.39. The summed E-state index contributed by atoms with van der Waals surface area (Å²) in [7, 11) is 0. The van der Waals surface area contributed by atoms with Crippen molar-refractivity contribution >= 4 is 5.97 Å². The number of phenolic OH excluding ortho intramolecular Hbond substituents is 1. The molecule has 5 nitrogen and oxygen atoms in total. The molecular formula is C19H24O5. The summed E-state index contributed by atoms with van der Waals surface area (Å²) in [5.74, 6) is -0.559. The van der Waals surface area contributed by atoms with E-state index in [9.17, 15) is 9.90 Å². The predicted molar refractivity (Wildman–Crippen MR) is 88.3 cm³/mol. The number of carbonyl (C=O) groups excluding carboxylic acids is 1. The lowest BCUT2D eigenvalue weighted by atomic mass is 9.89. The van der Waals surface area contributed by atoms with Crippen molar-refractivity contribution in [3.8, 4) is 5.75 Å². The third-order valence-corrected chi connectivity index (χ3v) is 4.75. The minimum atomic E-state index is -0.626. The van der Waals surface area contributed by atoms with Gasteiger partial charge in [0.05, 0.1) is 6.61 Å². The van der Waals surface area contributed by atoms with E-state index in [4.69, 9.17) is 14.2 Å². The summed E-state index contributed by atoms with van der Waals surface area (Å²) in [5.41, 5.74) is 1.83. The summed E-state index contributed by atoms with van der Waals surface area (Å²) in [6.07, 6.45) is 2.39. The minimum Gasteiger partial charge on any atom is -0.508 e. The average Bonchev–Trinajstić information content (AvgIpc) is 2.87. The first kappa shape index (κ1) is 17.0. The number of carbonyl (C=O) groups is 1. The largest absolute Gasteiger partial charge is 0.508 e. The first-order valence-electron chi connectivity index (χ1n) is 8.47. The topological polar surface area (TPSA) is 65.0 Å². The van der Waals surface area contributed by atoms with Crippen LogP contribution in [0.2, 0.25) is 0 Å². The van der Waals surface area contributed by atoms with Gasteiger partial charge in [-0.05, 0) is 36.6 Å². The van der Waals surface area contributed by atoms with Gasteiger partial charge in [0.25, 0.3) is 0 Å². The Kier molecular flexibility index (Phi) is 4.65. The number of phenols is 1. The Morgan fingerprint density at radius 1 is 1.33 bits per heavy atom. The third kappa shape index (κ3) is 3.06. The van der Waals surface area contributed by atoms with Crippen LogP contribution in [0, 0.1) is 5.92 Å². The average molecular weight is 332 g/mol. The zero-order chi connectivity index (χ0) is 17.3. The van der Waals surface area contributed by atoms with E-state index < -0.39 is 5.79 Å². The van der Waals surface area contributed by atoms with Crippen molar-refractivity contribution in [2.45, 2.75) is 51.6 Å². The highest BCUT2D eigenvalue weighted by atomic mass is 16.8. The lowest BCUT2D eigenvalue weighted by Crippen LogP contribution is -2.40. The van der Waals surface area contributed by atoms with Gasteiger partial charge in [-0.25, -0.2) is 4.79 Å². The number of hydrogen-bond acceptors (Lipinski definition) is 5. The highest BCUT2D eigenvalue weighted by molar-refractivity contribution is 5.83. The number of rotatable bonds is 4. The Bertz CT molecular complexity index is 634. The smallest absolute Gasteiger partial charge is 0.330 e. The molecule has 2 bridgehead atoms. The fourth-order valence-corrected chi connectivity index (χ4v) is 3.39. The number of fused-ring (bicyclic) bond motifs is 2. The molecule has 3 rings (SSSR count). The van der Waals surface area contributed by atoms with Crippen LogP contribution < -0.4 is 0 Å². The number of esters is 1. The summed E-state index contributed by atoms with van der Waals surface area (Å²) in [5, 5.41) is 9.51. The van der Waals surface area contributed by atoms with Gasteiger partial charge in [-0.2, -0.15) is 0 Å². The molecule has 2 aliphatic heterocycles. The molecule has 0 saturated carbocycles. The molecule has 1 aromatic rings. The number of ether oxygens (including phenoxy) is 3. The van der Waals surface area contributed by atoms with Gasteiger partial charge in [0.2, 0.25) is 0 Å². The van der Waals surface area contributed by atoms with Crippen molar-refractivity contribution in [2.24, 2.45) is 5.92 Å². The Morgan fingerprint density at radius 3 is 2.62 bits per heavy atom. The summed E-state index contributed by atoms with van der Waals surface area (Å²) in [4.78, 5) is 11.9. The van der Waals surface area contributed by atoms with E-state index in [0.29, 0.717) is 13.0 Å². The molecule has 0 spiro atoms. The molecule has 0 aromatic heterocycles. The van der Waals surface area contributed by atoms with Gasteiger partial charge in [-0.3, -0.25) is 0 Å². The maximum absolute atomic E-state index is 11.9. The molecule has 2 aliphatic rings. The predicted octanol–water partition coefficient (Wildman–Crippen LogP) is 3.48. The van der Waals surface area contributed by atoms with Gasteiger partial charge < -0.3 is 19.3 Å². The van der Waals surface area contributed by atoms with E-state index in [1.165, 1.54) is 0 Å². The summed E-state index contributed by atoms with van der Waals surface area (Å²) in [6, 6.07) is 6.94. The highest BCUT2D eigenvalue weighted by Gasteiger charge is 2.54. The van der Waals surface area contributed by atoms with Crippen molar-refractivity contribution < 1.29 is 24.1 Å². The Labute approximate surface area is 142 Å². The quantitative estimate of drug-likeness (QED) is 0.675. The zero-order valence-electron chi connectivity index (χ0n) is 14.3. The summed E-state index contributed by atoms with van der Waals surface area (Å²) < 4.78 is 17.6. The van der Waals surface area contributed by atoms with Gasteiger partial charge >= 0.3 is 5.97 Å². The van der Waals surface area contributed by atoms with E-state index in [1.807, 2.05) is 12.1 Å². The normalized spacial score (nSPS) is 30.8. The van der Waals surface area contributed by atoms with Crippen molar-refractivity contribution in [3.63, 3.8) is 0 Å². The molecular weight excluding hydrogens is 308 g/mol. The summed E-state index contributed by atoms with van der Waals surface area (Å²) in [6.45, 7) is 6.30. The van der Waals surface area contributed by atoms with E-state index in [2.05, 4.69) is 13.8 Å². The molecule has 1 N–H and O–H groups in total. The maximum Gasteiger partial charge on any atom is 0.330 e. The Hall–Kier alpha value is -1.85. The van der Waals surface area contributed by atoms with Crippen LogP contribution in [0.4, 0.5) is 0 Å². The van der Waals surface area contributed by atoms with Crippen LogP contribution in [0.3, 0.4) is 0 Å². The van der Waals surface area contributed by atoms with Crippen LogP contribution in [-0.4, -0.2) is 29.6 Å². The number of hydrogen-bond donors (Lipinski definition) is 1. The zero-order valence-corrected chi connectivity index (χ0v) is 14.3. The highest BCUT2D eigenvalue weighted by Crippen LogP contribution is 2.52. The van der Waals surface area contributed by atoms with Crippen molar-refractivity contribution in [1.29, 1.82) is 0 Å². The molecule has 1 aromatic carbocycles.